The van der Waals surface area contributed by atoms with Crippen molar-refractivity contribution in [1.82, 2.24) is 5.01 Å². The Bertz CT molecular complexity index is 371. The fourth-order valence-corrected chi connectivity index (χ4v) is 1.60. The molecule has 0 atom stereocenters. The molecule has 0 bridgehead atoms. The zero-order valence-corrected chi connectivity index (χ0v) is 8.43. The predicted molar refractivity (Wildman–Crippen MR) is 58.2 cm³/mol. The Morgan fingerprint density at radius 1 is 1.20 bits per heavy atom. The number of rotatable bonds is 2. The van der Waals surface area contributed by atoms with Crippen LogP contribution in [0.4, 0.5) is 0 Å². The van der Waals surface area contributed by atoms with Crippen LogP contribution >= 0.6 is 0 Å². The minimum atomic E-state index is 0.0537. The summed E-state index contributed by atoms with van der Waals surface area (Å²) in [5.74, 6) is 0.115. The first-order valence-corrected chi connectivity index (χ1v) is 5.06. The molecule has 1 aliphatic rings. The van der Waals surface area contributed by atoms with Gasteiger partial charge in [-0.15, -0.1) is 0 Å². The number of nitrogens with zero attached hydrogens (tertiary/aromatic N) is 2. The molecule has 4 heteroatoms. The van der Waals surface area contributed by atoms with Gasteiger partial charge in [0.1, 0.15) is 11.5 Å². The number of aromatic hydroxyl groups is 2. The first-order valence-electron chi connectivity index (χ1n) is 5.06. The lowest BCUT2D eigenvalue weighted by atomic mass is 10.2. The maximum absolute atomic E-state index is 9.50. The van der Waals surface area contributed by atoms with Crippen LogP contribution in [0.2, 0.25) is 0 Å². The average molecular weight is 206 g/mol. The normalized spacial score (nSPS) is 16.4. The molecule has 1 aromatic carbocycles. The first-order chi connectivity index (χ1) is 7.25. The molecule has 0 aromatic heterocycles. The summed E-state index contributed by atoms with van der Waals surface area (Å²) < 4.78 is 0. The zero-order valence-electron chi connectivity index (χ0n) is 8.43. The molecule has 0 unspecified atom stereocenters. The van der Waals surface area contributed by atoms with E-state index in [0.29, 0.717) is 5.56 Å². The third-order valence-electron chi connectivity index (χ3n) is 2.46. The summed E-state index contributed by atoms with van der Waals surface area (Å²) in [5, 5.41) is 24.8. The van der Waals surface area contributed by atoms with Crippen molar-refractivity contribution in [1.29, 1.82) is 0 Å². The minimum absolute atomic E-state index is 0.0537. The number of phenols is 2. The molecule has 0 radical (unpaired) electrons. The molecule has 0 spiro atoms. The van der Waals surface area contributed by atoms with Crippen LogP contribution in [0, 0.1) is 0 Å². The maximum Gasteiger partial charge on any atom is 0.128 e. The molecule has 2 rings (SSSR count). The maximum atomic E-state index is 9.50. The Hall–Kier alpha value is -1.71. The van der Waals surface area contributed by atoms with Gasteiger partial charge in [0.15, 0.2) is 0 Å². The van der Waals surface area contributed by atoms with Crippen molar-refractivity contribution in [3.8, 4) is 11.5 Å². The molecule has 4 nitrogen and oxygen atoms in total. The van der Waals surface area contributed by atoms with E-state index in [4.69, 9.17) is 5.11 Å². The molecule has 1 saturated heterocycles. The lowest BCUT2D eigenvalue weighted by molar-refractivity contribution is 0.362. The summed E-state index contributed by atoms with van der Waals surface area (Å²) in [4.78, 5) is 0. The lowest BCUT2D eigenvalue weighted by Gasteiger charge is -2.09. The highest BCUT2D eigenvalue weighted by molar-refractivity contribution is 5.83. The third-order valence-corrected chi connectivity index (χ3v) is 2.46. The van der Waals surface area contributed by atoms with Gasteiger partial charge in [0.2, 0.25) is 0 Å². The van der Waals surface area contributed by atoms with Gasteiger partial charge in [0, 0.05) is 24.7 Å². The molecule has 80 valence electrons. The van der Waals surface area contributed by atoms with Gasteiger partial charge in [0.05, 0.1) is 6.21 Å². The zero-order chi connectivity index (χ0) is 10.7. The molecule has 0 aliphatic carbocycles. The van der Waals surface area contributed by atoms with Crippen molar-refractivity contribution >= 4 is 6.21 Å². The van der Waals surface area contributed by atoms with E-state index in [0.717, 1.165) is 13.1 Å². The topological polar surface area (TPSA) is 56.1 Å². The molecule has 0 saturated carbocycles. The van der Waals surface area contributed by atoms with E-state index in [2.05, 4.69) is 5.10 Å². The van der Waals surface area contributed by atoms with Gasteiger partial charge in [-0.3, -0.25) is 5.01 Å². The predicted octanol–water partition coefficient (Wildman–Crippen LogP) is 1.53. The van der Waals surface area contributed by atoms with Crippen LogP contribution in [0.1, 0.15) is 18.4 Å². The SMILES string of the molecule is Oc1ccc(C=NN2CCCC2)c(O)c1. The number of benzene rings is 1. The van der Waals surface area contributed by atoms with Crippen LogP contribution in [0.3, 0.4) is 0 Å². The standard InChI is InChI=1S/C11H14N2O2/c14-10-4-3-9(11(15)7-10)8-12-13-5-1-2-6-13/h3-4,7-8,14-15H,1-2,5-6H2. The van der Waals surface area contributed by atoms with Crippen molar-refractivity contribution < 1.29 is 10.2 Å². The lowest BCUT2D eigenvalue weighted by Crippen LogP contribution is -2.11. The fourth-order valence-electron chi connectivity index (χ4n) is 1.60. The van der Waals surface area contributed by atoms with Crippen molar-refractivity contribution in [3.05, 3.63) is 23.8 Å². The molecule has 15 heavy (non-hydrogen) atoms. The highest BCUT2D eigenvalue weighted by Gasteiger charge is 2.07. The van der Waals surface area contributed by atoms with Gasteiger partial charge >= 0.3 is 0 Å². The van der Waals surface area contributed by atoms with Crippen molar-refractivity contribution in [2.75, 3.05) is 13.1 Å². The second-order valence-electron chi connectivity index (χ2n) is 3.65. The monoisotopic (exact) mass is 206 g/mol. The van der Waals surface area contributed by atoms with Gasteiger partial charge in [-0.05, 0) is 25.0 Å². The number of hydrazone groups is 1. The van der Waals surface area contributed by atoms with Gasteiger partial charge in [-0.2, -0.15) is 5.10 Å². The van der Waals surface area contributed by atoms with E-state index < -0.39 is 0 Å². The van der Waals surface area contributed by atoms with Crippen molar-refractivity contribution in [3.63, 3.8) is 0 Å². The van der Waals surface area contributed by atoms with Gasteiger partial charge in [-0.1, -0.05) is 0 Å². The molecular formula is C11H14N2O2. The van der Waals surface area contributed by atoms with Gasteiger partial charge in [-0.25, -0.2) is 0 Å². The highest BCUT2D eigenvalue weighted by Crippen LogP contribution is 2.21. The van der Waals surface area contributed by atoms with Crippen molar-refractivity contribution in [2.24, 2.45) is 5.10 Å². The highest BCUT2D eigenvalue weighted by atomic mass is 16.3. The fraction of sp³-hybridized carbons (Fsp3) is 0.364. The number of hydrogen-bond acceptors (Lipinski definition) is 4. The second kappa shape index (κ2) is 4.21. The van der Waals surface area contributed by atoms with E-state index >= 15 is 0 Å². The summed E-state index contributed by atoms with van der Waals surface area (Å²) in [7, 11) is 0. The van der Waals surface area contributed by atoms with Crippen LogP contribution in [0.25, 0.3) is 0 Å². The number of hydrogen-bond donors (Lipinski definition) is 2. The molecule has 0 amide bonds. The molecule has 1 aliphatic heterocycles. The van der Waals surface area contributed by atoms with E-state index in [9.17, 15) is 5.11 Å². The molecular weight excluding hydrogens is 192 g/mol. The van der Waals surface area contributed by atoms with Crippen LogP contribution < -0.4 is 0 Å². The molecule has 2 N–H and O–H groups in total. The summed E-state index contributed by atoms with van der Waals surface area (Å²) in [5.41, 5.74) is 0.625. The van der Waals surface area contributed by atoms with Crippen LogP contribution in [-0.2, 0) is 0 Å². The van der Waals surface area contributed by atoms with Crippen LogP contribution in [-0.4, -0.2) is 34.5 Å². The first kappa shape index (κ1) is 9.83. The van der Waals surface area contributed by atoms with Crippen LogP contribution in [0.5, 0.6) is 11.5 Å². The summed E-state index contributed by atoms with van der Waals surface area (Å²) in [6.45, 7) is 1.96. The summed E-state index contributed by atoms with van der Waals surface area (Å²) in [6.07, 6.45) is 3.98. The Balaban J connectivity index is 2.09. The molecule has 1 fully saturated rings. The Labute approximate surface area is 88.5 Å². The number of phenolic OH excluding ortho intramolecular Hbond substituents is 2. The summed E-state index contributed by atoms with van der Waals surface area (Å²) >= 11 is 0. The van der Waals surface area contributed by atoms with E-state index in [1.54, 1.807) is 12.3 Å². The summed E-state index contributed by atoms with van der Waals surface area (Å²) in [6, 6.07) is 4.49. The van der Waals surface area contributed by atoms with Gasteiger partial charge < -0.3 is 10.2 Å². The third kappa shape index (κ3) is 2.40. The molecule has 1 heterocycles. The van der Waals surface area contributed by atoms with Gasteiger partial charge in [0.25, 0.3) is 0 Å². The van der Waals surface area contributed by atoms with E-state index in [1.807, 2.05) is 5.01 Å². The van der Waals surface area contributed by atoms with E-state index in [1.165, 1.54) is 25.0 Å². The Kier molecular flexibility index (Phi) is 2.76. The quantitative estimate of drug-likeness (QED) is 0.721. The van der Waals surface area contributed by atoms with Crippen LogP contribution in [0.15, 0.2) is 23.3 Å². The largest absolute Gasteiger partial charge is 0.508 e. The smallest absolute Gasteiger partial charge is 0.128 e. The second-order valence-corrected chi connectivity index (χ2v) is 3.65. The average Bonchev–Trinajstić information content (AvgIpc) is 2.69. The Morgan fingerprint density at radius 2 is 1.93 bits per heavy atom. The van der Waals surface area contributed by atoms with Crippen molar-refractivity contribution in [2.45, 2.75) is 12.8 Å². The van der Waals surface area contributed by atoms with E-state index in [-0.39, 0.29) is 11.5 Å². The minimum Gasteiger partial charge on any atom is -0.508 e. The Morgan fingerprint density at radius 3 is 2.60 bits per heavy atom. The molecule has 1 aromatic rings.